The molecule has 8 heteroatoms. The molecule has 0 radical (unpaired) electrons. The predicted molar refractivity (Wildman–Crippen MR) is 83.4 cm³/mol. The monoisotopic (exact) mass is 354 g/mol. The van der Waals surface area contributed by atoms with Gasteiger partial charge in [0.25, 0.3) is 0 Å². The highest BCUT2D eigenvalue weighted by molar-refractivity contribution is 6.31. The number of rotatable bonds is 4. The molecule has 0 unspecified atom stereocenters. The molecular weight excluding hydrogens is 341 g/mol. The molecule has 0 aliphatic heterocycles. The Morgan fingerprint density at radius 3 is 2.17 bits per heavy atom. The second-order valence-corrected chi connectivity index (χ2v) is 6.67. The third-order valence-corrected chi connectivity index (χ3v) is 4.52. The number of hydrogen-bond donors (Lipinski definition) is 0. The van der Waals surface area contributed by atoms with Crippen molar-refractivity contribution < 1.29 is 13.2 Å². The quantitative estimate of drug-likeness (QED) is 0.754. The normalized spacial score (nSPS) is 18.5. The van der Waals surface area contributed by atoms with Crippen molar-refractivity contribution in [2.24, 2.45) is 5.10 Å². The van der Waals surface area contributed by atoms with Gasteiger partial charge in [0, 0.05) is 11.8 Å². The van der Waals surface area contributed by atoms with Crippen LogP contribution in [0.4, 0.5) is 13.2 Å². The molecule has 2 aliphatic carbocycles. The van der Waals surface area contributed by atoms with Gasteiger partial charge in [0.05, 0.1) is 16.8 Å². The molecular formula is C16H14ClF3N4. The Labute approximate surface area is 141 Å². The average molecular weight is 355 g/mol. The van der Waals surface area contributed by atoms with Crippen LogP contribution in [0, 0.1) is 0 Å². The van der Waals surface area contributed by atoms with E-state index in [4.69, 9.17) is 11.6 Å². The minimum Gasteiger partial charge on any atom is -0.201 e. The van der Waals surface area contributed by atoms with Crippen LogP contribution in [0.15, 0.2) is 23.3 Å². The van der Waals surface area contributed by atoms with Crippen LogP contribution in [0.25, 0.3) is 0 Å². The first-order valence-electron chi connectivity index (χ1n) is 7.80. The van der Waals surface area contributed by atoms with Gasteiger partial charge in [0.1, 0.15) is 0 Å². The molecule has 1 heterocycles. The van der Waals surface area contributed by atoms with Crippen LogP contribution in [-0.4, -0.2) is 21.1 Å². The molecule has 0 saturated heterocycles. The van der Waals surface area contributed by atoms with Gasteiger partial charge in [-0.2, -0.15) is 18.3 Å². The average Bonchev–Trinajstić information content (AvgIpc) is 3.44. The SMILES string of the molecule is FC(F)(F)c1cc(/C=N/n2c(C3CC3)nnc2C2CC2)ccc1Cl. The highest BCUT2D eigenvalue weighted by Crippen LogP contribution is 2.43. The van der Waals surface area contributed by atoms with Gasteiger partial charge in [0.2, 0.25) is 0 Å². The Morgan fingerprint density at radius 1 is 1.08 bits per heavy atom. The number of hydrogen-bond acceptors (Lipinski definition) is 3. The van der Waals surface area contributed by atoms with E-state index in [-0.39, 0.29) is 5.02 Å². The standard InChI is InChI=1S/C16H14ClF3N4/c17-13-6-1-9(7-12(13)16(18,19)20)8-21-24-14(10-2-3-10)22-23-15(24)11-4-5-11/h1,6-8,10-11H,2-5H2/b21-8+. The highest BCUT2D eigenvalue weighted by atomic mass is 35.5. The molecule has 1 aromatic carbocycles. The number of nitrogens with zero attached hydrogens (tertiary/aromatic N) is 4. The maximum atomic E-state index is 12.9. The zero-order valence-electron chi connectivity index (χ0n) is 12.6. The molecule has 2 aliphatic rings. The van der Waals surface area contributed by atoms with Crippen molar-refractivity contribution in [3.05, 3.63) is 46.0 Å². The summed E-state index contributed by atoms with van der Waals surface area (Å²) in [5.41, 5.74) is -0.523. The molecule has 24 heavy (non-hydrogen) atoms. The molecule has 2 saturated carbocycles. The molecule has 4 rings (SSSR count). The number of halogens is 4. The van der Waals surface area contributed by atoms with Crippen LogP contribution in [0.3, 0.4) is 0 Å². The van der Waals surface area contributed by atoms with Gasteiger partial charge in [0.15, 0.2) is 11.6 Å². The third kappa shape index (κ3) is 3.05. The van der Waals surface area contributed by atoms with Crippen molar-refractivity contribution in [2.75, 3.05) is 0 Å². The molecule has 0 amide bonds. The van der Waals surface area contributed by atoms with Crippen molar-refractivity contribution in [2.45, 2.75) is 43.7 Å². The predicted octanol–water partition coefficient (Wildman–Crippen LogP) is 4.59. The summed E-state index contributed by atoms with van der Waals surface area (Å²) in [5.74, 6) is 2.33. The van der Waals surface area contributed by atoms with E-state index in [1.165, 1.54) is 18.3 Å². The van der Waals surface area contributed by atoms with Crippen LogP contribution < -0.4 is 0 Å². The van der Waals surface area contributed by atoms with Crippen LogP contribution in [0.2, 0.25) is 5.02 Å². The largest absolute Gasteiger partial charge is 0.417 e. The van der Waals surface area contributed by atoms with Gasteiger partial charge in [-0.25, -0.2) is 4.68 Å². The van der Waals surface area contributed by atoms with Crippen LogP contribution in [0.1, 0.15) is 60.3 Å². The van der Waals surface area contributed by atoms with E-state index in [2.05, 4.69) is 15.3 Å². The summed E-state index contributed by atoms with van der Waals surface area (Å²) in [4.78, 5) is 0. The van der Waals surface area contributed by atoms with Gasteiger partial charge in [-0.15, -0.1) is 10.2 Å². The summed E-state index contributed by atoms with van der Waals surface area (Å²) in [5, 5.41) is 12.5. The van der Waals surface area contributed by atoms with E-state index < -0.39 is 11.7 Å². The van der Waals surface area contributed by atoms with Crippen LogP contribution >= 0.6 is 11.6 Å². The number of benzene rings is 1. The minimum atomic E-state index is -4.49. The van der Waals surface area contributed by atoms with Gasteiger partial charge >= 0.3 is 6.18 Å². The lowest BCUT2D eigenvalue weighted by atomic mass is 10.1. The summed E-state index contributed by atoms with van der Waals surface area (Å²) in [6.07, 6.45) is 1.13. The van der Waals surface area contributed by atoms with Crippen molar-refractivity contribution in [1.82, 2.24) is 14.9 Å². The van der Waals surface area contributed by atoms with Gasteiger partial charge in [-0.3, -0.25) is 0 Å². The van der Waals surface area contributed by atoms with E-state index in [0.717, 1.165) is 43.4 Å². The lowest BCUT2D eigenvalue weighted by molar-refractivity contribution is -0.137. The van der Waals surface area contributed by atoms with E-state index in [1.54, 1.807) is 4.68 Å². The Morgan fingerprint density at radius 2 is 1.67 bits per heavy atom. The molecule has 4 nitrogen and oxygen atoms in total. The van der Waals surface area contributed by atoms with Crippen molar-refractivity contribution >= 4 is 17.8 Å². The van der Waals surface area contributed by atoms with Crippen molar-refractivity contribution in [1.29, 1.82) is 0 Å². The maximum Gasteiger partial charge on any atom is 0.417 e. The van der Waals surface area contributed by atoms with Crippen molar-refractivity contribution in [3.8, 4) is 0 Å². The molecule has 126 valence electrons. The zero-order valence-corrected chi connectivity index (χ0v) is 13.3. The van der Waals surface area contributed by atoms with Gasteiger partial charge in [-0.1, -0.05) is 17.7 Å². The first-order valence-corrected chi connectivity index (χ1v) is 8.17. The molecule has 0 atom stereocenters. The maximum absolute atomic E-state index is 12.9. The summed E-state index contributed by atoms with van der Waals surface area (Å²) in [6.45, 7) is 0. The van der Waals surface area contributed by atoms with Crippen LogP contribution in [-0.2, 0) is 6.18 Å². The topological polar surface area (TPSA) is 43.1 Å². The molecule has 0 bridgehead atoms. The second kappa shape index (κ2) is 5.58. The molecule has 0 N–H and O–H groups in total. The van der Waals surface area contributed by atoms with Gasteiger partial charge in [-0.05, 0) is 43.4 Å². The Bertz CT molecular complexity index is 775. The highest BCUT2D eigenvalue weighted by Gasteiger charge is 2.36. The molecule has 1 aromatic heterocycles. The van der Waals surface area contributed by atoms with Crippen LogP contribution in [0.5, 0.6) is 0 Å². The lowest BCUT2D eigenvalue weighted by Gasteiger charge is -2.09. The van der Waals surface area contributed by atoms with E-state index in [0.29, 0.717) is 17.4 Å². The molecule has 2 fully saturated rings. The number of aromatic nitrogens is 3. The first-order chi connectivity index (χ1) is 11.4. The lowest BCUT2D eigenvalue weighted by Crippen LogP contribution is -2.07. The van der Waals surface area contributed by atoms with E-state index in [9.17, 15) is 13.2 Å². The van der Waals surface area contributed by atoms with Gasteiger partial charge < -0.3 is 0 Å². The van der Waals surface area contributed by atoms with E-state index >= 15 is 0 Å². The fourth-order valence-electron chi connectivity index (χ4n) is 2.58. The molecule has 0 spiro atoms. The Kier molecular flexibility index (Phi) is 3.63. The van der Waals surface area contributed by atoms with Crippen molar-refractivity contribution in [3.63, 3.8) is 0 Å². The van der Waals surface area contributed by atoms with E-state index in [1.807, 2.05) is 0 Å². The molecule has 2 aromatic rings. The fourth-order valence-corrected chi connectivity index (χ4v) is 2.80. The first kappa shape index (κ1) is 15.6. The summed E-state index contributed by atoms with van der Waals surface area (Å²) < 4.78 is 40.5. The Hall–Kier alpha value is -1.89. The minimum absolute atomic E-state index is 0.318. The Balaban J connectivity index is 1.67. The second-order valence-electron chi connectivity index (χ2n) is 6.26. The zero-order chi connectivity index (χ0) is 16.9. The third-order valence-electron chi connectivity index (χ3n) is 4.19. The summed E-state index contributed by atoms with van der Waals surface area (Å²) in [6, 6.07) is 3.75. The summed E-state index contributed by atoms with van der Waals surface area (Å²) >= 11 is 5.64. The summed E-state index contributed by atoms with van der Waals surface area (Å²) in [7, 11) is 0. The fraction of sp³-hybridized carbons (Fsp3) is 0.438. The smallest absolute Gasteiger partial charge is 0.201 e. The number of alkyl halides is 3.